The van der Waals surface area contributed by atoms with Crippen LogP contribution in [0.25, 0.3) is 0 Å². The van der Waals surface area contributed by atoms with Crippen molar-refractivity contribution in [3.8, 4) is 0 Å². The Bertz CT molecular complexity index is 264. The Morgan fingerprint density at radius 3 is 2.82 bits per heavy atom. The molecular weight excluding hydrogens is 216 g/mol. The van der Waals surface area contributed by atoms with Crippen molar-refractivity contribution in [3.05, 3.63) is 0 Å². The summed E-state index contributed by atoms with van der Waals surface area (Å²) in [5.41, 5.74) is 0. The van der Waals surface area contributed by atoms with Gasteiger partial charge in [-0.2, -0.15) is 0 Å². The maximum absolute atomic E-state index is 11.4. The average molecular weight is 240 g/mol. The minimum atomic E-state index is -0.188. The van der Waals surface area contributed by atoms with E-state index >= 15 is 0 Å². The Morgan fingerprint density at radius 1 is 1.35 bits per heavy atom. The molecule has 4 atom stereocenters. The van der Waals surface area contributed by atoms with Gasteiger partial charge in [-0.3, -0.25) is 4.79 Å². The summed E-state index contributed by atoms with van der Waals surface area (Å²) in [4.78, 5) is 11.4. The highest BCUT2D eigenvalue weighted by Gasteiger charge is 2.36. The zero-order chi connectivity index (χ0) is 12.3. The van der Waals surface area contributed by atoms with Crippen molar-refractivity contribution in [3.63, 3.8) is 0 Å². The van der Waals surface area contributed by atoms with Crippen molar-refractivity contribution >= 4 is 5.97 Å². The van der Waals surface area contributed by atoms with Crippen molar-refractivity contribution in [2.24, 2.45) is 5.92 Å². The number of rotatable bonds is 4. The van der Waals surface area contributed by atoms with Gasteiger partial charge in [0.1, 0.15) is 6.04 Å². The fourth-order valence-electron chi connectivity index (χ4n) is 3.32. The van der Waals surface area contributed by atoms with Crippen molar-refractivity contribution < 1.29 is 9.53 Å². The largest absolute Gasteiger partial charge is 0.468 e. The Balaban J connectivity index is 1.88. The van der Waals surface area contributed by atoms with E-state index in [1.165, 1.54) is 39.2 Å². The van der Waals surface area contributed by atoms with Gasteiger partial charge in [0.25, 0.3) is 0 Å². The smallest absolute Gasteiger partial charge is 0.322 e. The normalized spacial score (nSPS) is 34.8. The number of carbonyl (C=O) groups is 1. The van der Waals surface area contributed by atoms with Gasteiger partial charge in [0.15, 0.2) is 0 Å². The third-order valence-corrected chi connectivity index (χ3v) is 4.20. The zero-order valence-electron chi connectivity index (χ0n) is 10.9. The van der Waals surface area contributed by atoms with Gasteiger partial charge in [-0.05, 0) is 45.1 Å². The molecule has 2 N–H and O–H groups in total. The van der Waals surface area contributed by atoms with Crippen LogP contribution in [-0.4, -0.2) is 37.7 Å². The number of esters is 1. The number of methoxy groups -OCH3 is 1. The lowest BCUT2D eigenvalue weighted by Crippen LogP contribution is -2.48. The Kier molecular flexibility index (Phi) is 4.40. The van der Waals surface area contributed by atoms with E-state index in [-0.39, 0.29) is 12.0 Å². The predicted molar refractivity (Wildman–Crippen MR) is 66.8 cm³/mol. The molecule has 4 nitrogen and oxygen atoms in total. The predicted octanol–water partition coefficient (Wildman–Crippen LogP) is 1.06. The summed E-state index contributed by atoms with van der Waals surface area (Å²) >= 11 is 0. The van der Waals surface area contributed by atoms with Gasteiger partial charge in [-0.25, -0.2) is 0 Å². The van der Waals surface area contributed by atoms with Gasteiger partial charge in [-0.15, -0.1) is 0 Å². The molecular formula is C13H24N2O2. The first-order chi connectivity index (χ1) is 8.22. The zero-order valence-corrected chi connectivity index (χ0v) is 10.9. The first-order valence-corrected chi connectivity index (χ1v) is 6.79. The van der Waals surface area contributed by atoms with E-state index in [2.05, 4.69) is 10.6 Å². The van der Waals surface area contributed by atoms with E-state index in [0.29, 0.717) is 18.0 Å². The molecule has 17 heavy (non-hydrogen) atoms. The van der Waals surface area contributed by atoms with Crippen LogP contribution in [0.2, 0.25) is 0 Å². The third-order valence-electron chi connectivity index (χ3n) is 4.20. The molecule has 98 valence electrons. The molecule has 2 rings (SSSR count). The van der Waals surface area contributed by atoms with E-state index in [1.807, 2.05) is 6.92 Å². The van der Waals surface area contributed by atoms with Crippen molar-refractivity contribution in [2.75, 3.05) is 13.7 Å². The minimum Gasteiger partial charge on any atom is -0.468 e. The molecule has 1 saturated carbocycles. The molecule has 1 saturated heterocycles. The second-order valence-corrected chi connectivity index (χ2v) is 5.32. The summed E-state index contributed by atoms with van der Waals surface area (Å²) in [6.45, 7) is 3.05. The van der Waals surface area contributed by atoms with Crippen LogP contribution in [0.15, 0.2) is 0 Å². The van der Waals surface area contributed by atoms with E-state index < -0.39 is 0 Å². The van der Waals surface area contributed by atoms with E-state index in [0.717, 1.165) is 6.54 Å². The SMILES string of the molecule is COC(=O)[C@H](C)NC1CCCC1C1CCCN1. The Labute approximate surface area is 103 Å². The van der Waals surface area contributed by atoms with Crippen LogP contribution in [0.1, 0.15) is 39.0 Å². The molecule has 0 spiro atoms. The van der Waals surface area contributed by atoms with Gasteiger partial charge in [0, 0.05) is 12.1 Å². The Morgan fingerprint density at radius 2 is 2.18 bits per heavy atom. The van der Waals surface area contributed by atoms with Gasteiger partial charge < -0.3 is 15.4 Å². The van der Waals surface area contributed by atoms with E-state index in [1.54, 1.807) is 0 Å². The van der Waals surface area contributed by atoms with E-state index in [4.69, 9.17) is 4.74 Å². The maximum atomic E-state index is 11.4. The highest BCUT2D eigenvalue weighted by molar-refractivity contribution is 5.75. The molecule has 1 aliphatic carbocycles. The lowest BCUT2D eigenvalue weighted by atomic mass is 9.92. The van der Waals surface area contributed by atoms with Gasteiger partial charge in [-0.1, -0.05) is 6.42 Å². The first kappa shape index (κ1) is 12.8. The topological polar surface area (TPSA) is 50.4 Å². The number of hydrogen-bond acceptors (Lipinski definition) is 4. The molecule has 2 fully saturated rings. The molecule has 1 aliphatic heterocycles. The lowest BCUT2D eigenvalue weighted by molar-refractivity contribution is -0.142. The molecule has 4 heteroatoms. The van der Waals surface area contributed by atoms with Crippen LogP contribution in [0.5, 0.6) is 0 Å². The fourth-order valence-corrected chi connectivity index (χ4v) is 3.32. The lowest BCUT2D eigenvalue weighted by Gasteiger charge is -2.28. The van der Waals surface area contributed by atoms with Crippen LogP contribution in [-0.2, 0) is 9.53 Å². The van der Waals surface area contributed by atoms with Crippen LogP contribution in [0.4, 0.5) is 0 Å². The molecule has 0 bridgehead atoms. The maximum Gasteiger partial charge on any atom is 0.322 e. The van der Waals surface area contributed by atoms with Crippen molar-refractivity contribution in [1.29, 1.82) is 0 Å². The highest BCUT2D eigenvalue weighted by atomic mass is 16.5. The van der Waals surface area contributed by atoms with Crippen LogP contribution in [0.3, 0.4) is 0 Å². The quantitative estimate of drug-likeness (QED) is 0.721. The molecule has 0 amide bonds. The van der Waals surface area contributed by atoms with Crippen LogP contribution < -0.4 is 10.6 Å². The fraction of sp³-hybridized carbons (Fsp3) is 0.923. The highest BCUT2D eigenvalue weighted by Crippen LogP contribution is 2.32. The molecule has 3 unspecified atom stereocenters. The number of nitrogens with one attached hydrogen (secondary N) is 2. The molecule has 0 radical (unpaired) electrons. The molecule has 0 aromatic carbocycles. The average Bonchev–Trinajstić information content (AvgIpc) is 2.97. The third kappa shape index (κ3) is 2.99. The summed E-state index contributed by atoms with van der Waals surface area (Å²) < 4.78 is 4.77. The van der Waals surface area contributed by atoms with Crippen LogP contribution >= 0.6 is 0 Å². The molecule has 2 aliphatic rings. The van der Waals surface area contributed by atoms with Crippen molar-refractivity contribution in [1.82, 2.24) is 10.6 Å². The minimum absolute atomic E-state index is 0.157. The molecule has 1 heterocycles. The van der Waals surface area contributed by atoms with E-state index in [9.17, 15) is 4.79 Å². The molecule has 0 aromatic heterocycles. The monoisotopic (exact) mass is 240 g/mol. The second kappa shape index (κ2) is 5.83. The number of hydrogen-bond donors (Lipinski definition) is 2. The van der Waals surface area contributed by atoms with Crippen LogP contribution in [0, 0.1) is 5.92 Å². The van der Waals surface area contributed by atoms with Gasteiger partial charge >= 0.3 is 5.97 Å². The second-order valence-electron chi connectivity index (χ2n) is 5.32. The van der Waals surface area contributed by atoms with Gasteiger partial charge in [0.2, 0.25) is 0 Å². The van der Waals surface area contributed by atoms with Gasteiger partial charge in [0.05, 0.1) is 7.11 Å². The Hall–Kier alpha value is -0.610. The summed E-state index contributed by atoms with van der Waals surface area (Å²) in [6.07, 6.45) is 6.32. The standard InChI is InChI=1S/C13H24N2O2/c1-9(13(16)17-2)15-12-6-3-5-10(12)11-7-4-8-14-11/h9-12,14-15H,3-8H2,1-2H3/t9-,10?,11?,12?/m0/s1. The summed E-state index contributed by atoms with van der Waals surface area (Å²) in [5.74, 6) is 0.527. The van der Waals surface area contributed by atoms with Crippen molar-refractivity contribution in [2.45, 2.75) is 57.2 Å². The summed E-state index contributed by atoms with van der Waals surface area (Å²) in [7, 11) is 1.45. The molecule has 0 aromatic rings. The summed E-state index contributed by atoms with van der Waals surface area (Å²) in [5, 5.41) is 7.03. The number of ether oxygens (including phenoxy) is 1. The first-order valence-electron chi connectivity index (χ1n) is 6.79. The summed E-state index contributed by atoms with van der Waals surface area (Å²) in [6, 6.07) is 0.937. The number of carbonyl (C=O) groups excluding carboxylic acids is 1.